The summed E-state index contributed by atoms with van der Waals surface area (Å²) in [6.45, 7) is 2.84. The second-order valence-electron chi connectivity index (χ2n) is 10.4. The number of nitrogen functional groups attached to an aromatic ring is 1. The molecule has 2 heterocycles. The first kappa shape index (κ1) is 28.3. The molecule has 0 aliphatic carbocycles. The van der Waals surface area contributed by atoms with Gasteiger partial charge < -0.3 is 25.8 Å². The molecular weight excluding hydrogens is 523 g/mol. The molecule has 0 radical (unpaired) electrons. The van der Waals surface area contributed by atoms with Crippen molar-refractivity contribution in [2.45, 2.75) is 24.8 Å². The second kappa shape index (κ2) is 13.0. The quantitative estimate of drug-likeness (QED) is 0.268. The van der Waals surface area contributed by atoms with Gasteiger partial charge in [0.1, 0.15) is 0 Å². The van der Waals surface area contributed by atoms with Gasteiger partial charge in [-0.1, -0.05) is 36.4 Å². The van der Waals surface area contributed by atoms with E-state index in [2.05, 4.69) is 15.5 Å². The number of rotatable bonds is 8. The van der Waals surface area contributed by atoms with Crippen LogP contribution in [0.5, 0.6) is 5.75 Å². The number of carbonyl (C=O) groups excluding carboxylic acids is 2. The summed E-state index contributed by atoms with van der Waals surface area (Å²) in [5, 5.41) is 5.76. The van der Waals surface area contributed by atoms with Gasteiger partial charge in [-0.2, -0.15) is 0 Å². The molecule has 2 amide bonds. The van der Waals surface area contributed by atoms with Crippen molar-refractivity contribution in [1.29, 1.82) is 0 Å². The van der Waals surface area contributed by atoms with E-state index in [4.69, 9.17) is 15.2 Å². The Kier molecular flexibility index (Phi) is 8.96. The summed E-state index contributed by atoms with van der Waals surface area (Å²) in [4.78, 5) is 28.4. The van der Waals surface area contributed by atoms with Crippen molar-refractivity contribution in [3.05, 3.63) is 89.8 Å². The lowest BCUT2D eigenvalue weighted by atomic mass is 9.88. The number of hydrogen-bond acceptors (Lipinski definition) is 6. The number of halogens is 1. The van der Waals surface area contributed by atoms with E-state index >= 15 is 0 Å². The van der Waals surface area contributed by atoms with Crippen LogP contribution in [0.15, 0.2) is 72.8 Å². The third-order valence-electron chi connectivity index (χ3n) is 7.82. The number of hydrogen-bond donors (Lipinski definition) is 3. The highest BCUT2D eigenvalue weighted by molar-refractivity contribution is 6.03. The molecule has 3 aromatic rings. The maximum atomic E-state index is 13.9. The first-order valence-corrected chi connectivity index (χ1v) is 13.8. The van der Waals surface area contributed by atoms with E-state index in [1.807, 2.05) is 36.4 Å². The summed E-state index contributed by atoms with van der Waals surface area (Å²) < 4.78 is 24.5. The minimum absolute atomic E-state index is 0.0254. The van der Waals surface area contributed by atoms with Crippen LogP contribution in [0.25, 0.3) is 6.08 Å². The van der Waals surface area contributed by atoms with Crippen LogP contribution in [0.3, 0.4) is 0 Å². The predicted molar refractivity (Wildman–Crippen MR) is 158 cm³/mol. The van der Waals surface area contributed by atoms with E-state index in [0.717, 1.165) is 43.7 Å². The van der Waals surface area contributed by atoms with Crippen LogP contribution in [-0.4, -0.2) is 56.2 Å². The number of carbonyl (C=O) groups is 2. The third kappa shape index (κ3) is 6.93. The summed E-state index contributed by atoms with van der Waals surface area (Å²) in [5.41, 5.74) is 9.38. The maximum absolute atomic E-state index is 13.9. The van der Waals surface area contributed by atoms with Crippen molar-refractivity contribution in [3.63, 3.8) is 0 Å². The van der Waals surface area contributed by atoms with Crippen molar-refractivity contribution < 1.29 is 23.5 Å². The highest BCUT2D eigenvalue weighted by atomic mass is 19.1. The minimum Gasteiger partial charge on any atom is -0.494 e. The molecule has 9 heteroatoms. The van der Waals surface area contributed by atoms with E-state index in [1.165, 1.54) is 25.3 Å². The van der Waals surface area contributed by atoms with Gasteiger partial charge >= 0.3 is 0 Å². The highest BCUT2D eigenvalue weighted by Gasteiger charge is 2.41. The van der Waals surface area contributed by atoms with Gasteiger partial charge in [0.05, 0.1) is 24.4 Å². The van der Waals surface area contributed by atoms with Crippen LogP contribution in [0.1, 0.15) is 29.9 Å². The fourth-order valence-electron chi connectivity index (χ4n) is 5.57. The Labute approximate surface area is 239 Å². The number of para-hydroxylation sites is 2. The number of nitrogens with one attached hydrogen (secondary N) is 2. The number of benzene rings is 3. The second-order valence-corrected chi connectivity index (χ2v) is 10.4. The van der Waals surface area contributed by atoms with E-state index in [0.29, 0.717) is 29.6 Å². The average Bonchev–Trinajstić information content (AvgIpc) is 3.45. The zero-order valence-corrected chi connectivity index (χ0v) is 23.0. The molecule has 2 aliphatic heterocycles. The Balaban J connectivity index is 1.30. The molecule has 2 atom stereocenters. The molecule has 4 N–H and O–H groups in total. The van der Waals surface area contributed by atoms with E-state index in [1.54, 1.807) is 24.3 Å². The lowest BCUT2D eigenvalue weighted by Gasteiger charge is -2.31. The van der Waals surface area contributed by atoms with E-state index in [-0.39, 0.29) is 29.4 Å². The van der Waals surface area contributed by atoms with Crippen LogP contribution in [-0.2, 0) is 14.3 Å². The number of nitrogens with two attached hydrogens (primary N) is 1. The van der Waals surface area contributed by atoms with E-state index in [9.17, 15) is 14.0 Å². The number of anilines is 3. The van der Waals surface area contributed by atoms with Gasteiger partial charge in [-0.25, -0.2) is 4.39 Å². The third-order valence-corrected chi connectivity index (χ3v) is 7.82. The monoisotopic (exact) mass is 558 g/mol. The maximum Gasteiger partial charge on any atom is 0.248 e. The Morgan fingerprint density at radius 3 is 2.51 bits per heavy atom. The molecule has 0 saturated carbocycles. The molecule has 5 rings (SSSR count). The highest BCUT2D eigenvalue weighted by Crippen LogP contribution is 2.36. The lowest BCUT2D eigenvalue weighted by Crippen LogP contribution is -2.38. The molecule has 2 fully saturated rings. The Morgan fingerprint density at radius 2 is 1.78 bits per heavy atom. The van der Waals surface area contributed by atoms with Gasteiger partial charge in [0, 0.05) is 56.1 Å². The fourth-order valence-corrected chi connectivity index (χ4v) is 5.57. The van der Waals surface area contributed by atoms with Crippen LogP contribution in [0.4, 0.5) is 21.5 Å². The van der Waals surface area contributed by atoms with Gasteiger partial charge in [-0.15, -0.1) is 0 Å². The molecule has 41 heavy (non-hydrogen) atoms. The molecule has 0 bridgehead atoms. The lowest BCUT2D eigenvalue weighted by molar-refractivity contribution is -0.120. The van der Waals surface area contributed by atoms with Crippen LogP contribution in [0.2, 0.25) is 0 Å². The number of amides is 2. The SMILES string of the molecule is COc1cc(NC(=O)C2CN(C3CCOCC3)CC2c2ccc(C=CC(=O)Nc3ccccc3N)cc2)ccc1F. The molecule has 2 aliphatic rings. The zero-order chi connectivity index (χ0) is 28.8. The topological polar surface area (TPSA) is 106 Å². The number of likely N-dealkylation sites (tertiary alicyclic amines) is 1. The molecule has 0 aromatic heterocycles. The Morgan fingerprint density at radius 1 is 1.02 bits per heavy atom. The molecule has 0 spiro atoms. The number of methoxy groups -OCH3 is 1. The van der Waals surface area contributed by atoms with Gasteiger partial charge in [0.25, 0.3) is 0 Å². The number of nitrogens with zero attached hydrogens (tertiary/aromatic N) is 1. The standard InChI is InChI=1S/C32H35FN4O4/c1-40-30-18-23(11-12-27(30)33)35-32(39)26-20-37(24-14-16-41-17-15-24)19-25(26)22-9-6-21(7-10-22)8-13-31(38)36-29-5-3-2-4-28(29)34/h2-13,18,24-26H,14-17,19-20,34H2,1H3,(H,35,39)(H,36,38). The van der Waals surface area contributed by atoms with Gasteiger partial charge in [0.2, 0.25) is 11.8 Å². The molecule has 2 saturated heterocycles. The molecule has 3 aromatic carbocycles. The van der Waals surface area contributed by atoms with Crippen molar-refractivity contribution in [2.24, 2.45) is 5.92 Å². The first-order chi connectivity index (χ1) is 19.9. The summed E-state index contributed by atoms with van der Waals surface area (Å²) in [6.07, 6.45) is 5.09. The van der Waals surface area contributed by atoms with E-state index < -0.39 is 5.82 Å². The predicted octanol–water partition coefficient (Wildman–Crippen LogP) is 4.90. The minimum atomic E-state index is -0.481. The van der Waals surface area contributed by atoms with Gasteiger partial charge in [0.15, 0.2) is 11.6 Å². The number of ether oxygens (including phenoxy) is 2. The normalized spacial score (nSPS) is 19.8. The zero-order valence-electron chi connectivity index (χ0n) is 23.0. The summed E-state index contributed by atoms with van der Waals surface area (Å²) in [7, 11) is 1.40. The van der Waals surface area contributed by atoms with Crippen molar-refractivity contribution in [2.75, 3.05) is 49.8 Å². The first-order valence-electron chi connectivity index (χ1n) is 13.8. The average molecular weight is 559 g/mol. The largest absolute Gasteiger partial charge is 0.494 e. The Bertz CT molecular complexity index is 1410. The summed E-state index contributed by atoms with van der Waals surface area (Å²) >= 11 is 0. The van der Waals surface area contributed by atoms with Crippen LogP contribution in [0, 0.1) is 11.7 Å². The van der Waals surface area contributed by atoms with Crippen molar-refractivity contribution in [1.82, 2.24) is 4.90 Å². The summed E-state index contributed by atoms with van der Waals surface area (Å²) in [5.74, 6) is -1.10. The molecule has 214 valence electrons. The van der Waals surface area contributed by atoms with Gasteiger partial charge in [-0.05, 0) is 54.3 Å². The molecule has 2 unspecified atom stereocenters. The fraction of sp³-hybridized carbons (Fsp3) is 0.312. The smallest absolute Gasteiger partial charge is 0.248 e. The summed E-state index contributed by atoms with van der Waals surface area (Å²) in [6, 6.07) is 19.7. The van der Waals surface area contributed by atoms with Gasteiger partial charge in [-0.3, -0.25) is 14.5 Å². The van der Waals surface area contributed by atoms with Crippen LogP contribution < -0.4 is 21.1 Å². The van der Waals surface area contributed by atoms with Crippen molar-refractivity contribution >= 4 is 35.0 Å². The molecular formula is C32H35FN4O4. The Hall–Kier alpha value is -4.21. The van der Waals surface area contributed by atoms with Crippen molar-refractivity contribution in [3.8, 4) is 5.75 Å². The van der Waals surface area contributed by atoms with Crippen LogP contribution >= 0.6 is 0 Å². The molecule has 8 nitrogen and oxygen atoms in total.